The summed E-state index contributed by atoms with van der Waals surface area (Å²) in [6, 6.07) is 0.834. The Bertz CT molecular complexity index is 583. The first kappa shape index (κ1) is 12.7. The molecule has 2 aromatic heterocycles. The van der Waals surface area contributed by atoms with E-state index in [-0.39, 0.29) is 17.8 Å². The lowest BCUT2D eigenvalue weighted by Crippen LogP contribution is -2.45. The maximum absolute atomic E-state index is 12.9. The lowest BCUT2D eigenvalue weighted by Gasteiger charge is -2.19. The van der Waals surface area contributed by atoms with Crippen LogP contribution >= 0.6 is 0 Å². The fourth-order valence-corrected chi connectivity index (χ4v) is 2.01. The molecule has 0 saturated carbocycles. The highest BCUT2D eigenvalue weighted by atomic mass is 19.1. The van der Waals surface area contributed by atoms with Crippen LogP contribution in [0, 0.1) is 5.82 Å². The summed E-state index contributed by atoms with van der Waals surface area (Å²) in [5, 5.41) is 9.17. The van der Waals surface area contributed by atoms with Gasteiger partial charge in [-0.15, -0.1) is 0 Å². The average Bonchev–Trinajstić information content (AvgIpc) is 3.13. The molecule has 1 aliphatic heterocycles. The number of aromatic nitrogens is 3. The fourth-order valence-electron chi connectivity index (χ4n) is 2.01. The van der Waals surface area contributed by atoms with E-state index in [1.807, 2.05) is 0 Å². The minimum Gasteiger partial charge on any atom is -0.482 e. The number of ether oxygens (including phenoxy) is 2. The van der Waals surface area contributed by atoms with Crippen molar-refractivity contribution in [2.24, 2.45) is 0 Å². The number of amides is 1. The van der Waals surface area contributed by atoms with Gasteiger partial charge in [-0.05, 0) is 0 Å². The topological polar surface area (TPSA) is 92.0 Å². The van der Waals surface area contributed by atoms with Gasteiger partial charge in [-0.3, -0.25) is 9.89 Å². The number of aromatic amines is 2. The van der Waals surface area contributed by atoms with Crippen LogP contribution in [0.4, 0.5) is 4.39 Å². The van der Waals surface area contributed by atoms with Crippen molar-refractivity contribution in [3.8, 4) is 5.75 Å². The van der Waals surface area contributed by atoms with E-state index in [4.69, 9.17) is 9.47 Å². The summed E-state index contributed by atoms with van der Waals surface area (Å²) in [5.41, 5.74) is 0.163. The maximum atomic E-state index is 12.9. The van der Waals surface area contributed by atoms with Crippen molar-refractivity contribution in [3.63, 3.8) is 0 Å². The second kappa shape index (κ2) is 5.33. The van der Waals surface area contributed by atoms with E-state index in [0.29, 0.717) is 19.0 Å². The highest BCUT2D eigenvalue weighted by molar-refractivity contribution is 5.92. The smallest absolute Gasteiger partial charge is 0.268 e. The van der Waals surface area contributed by atoms with Gasteiger partial charge in [0.2, 0.25) is 0 Å². The van der Waals surface area contributed by atoms with Crippen molar-refractivity contribution in [2.45, 2.75) is 12.1 Å². The van der Waals surface area contributed by atoms with Crippen LogP contribution in [0.5, 0.6) is 5.75 Å². The summed E-state index contributed by atoms with van der Waals surface area (Å²) in [5.74, 6) is -0.306. The van der Waals surface area contributed by atoms with Crippen LogP contribution < -0.4 is 10.1 Å². The molecular formula is C12H13FN4O3. The number of halogens is 1. The first-order chi connectivity index (χ1) is 9.72. The molecule has 8 heteroatoms. The zero-order valence-electron chi connectivity index (χ0n) is 10.4. The molecule has 0 bridgehead atoms. The van der Waals surface area contributed by atoms with Gasteiger partial charge in [-0.2, -0.15) is 5.10 Å². The zero-order valence-corrected chi connectivity index (χ0v) is 10.4. The van der Waals surface area contributed by atoms with Gasteiger partial charge in [-0.25, -0.2) is 4.39 Å². The van der Waals surface area contributed by atoms with Crippen molar-refractivity contribution < 1.29 is 18.7 Å². The van der Waals surface area contributed by atoms with Crippen LogP contribution in [0.3, 0.4) is 0 Å². The van der Waals surface area contributed by atoms with E-state index < -0.39 is 11.7 Å². The summed E-state index contributed by atoms with van der Waals surface area (Å²) in [6.07, 6.45) is 3.96. The van der Waals surface area contributed by atoms with Gasteiger partial charge >= 0.3 is 0 Å². The van der Waals surface area contributed by atoms with Gasteiger partial charge in [-0.1, -0.05) is 0 Å². The molecule has 3 heterocycles. The van der Waals surface area contributed by atoms with E-state index in [2.05, 4.69) is 20.5 Å². The van der Waals surface area contributed by atoms with E-state index in [0.717, 1.165) is 12.3 Å². The molecule has 20 heavy (non-hydrogen) atoms. The second-order valence-corrected chi connectivity index (χ2v) is 4.44. The van der Waals surface area contributed by atoms with Gasteiger partial charge in [0.1, 0.15) is 17.6 Å². The molecule has 3 rings (SSSR count). The number of carbonyl (C=O) groups is 1. The molecule has 2 aromatic rings. The van der Waals surface area contributed by atoms with Crippen LogP contribution in [0.15, 0.2) is 24.7 Å². The Kier molecular flexibility index (Phi) is 3.38. The largest absolute Gasteiger partial charge is 0.482 e. The van der Waals surface area contributed by atoms with Crippen LogP contribution in [0.1, 0.15) is 10.5 Å². The normalized spacial score (nSPS) is 21.9. The summed E-state index contributed by atoms with van der Waals surface area (Å²) >= 11 is 0. The molecular weight excluding hydrogens is 267 g/mol. The third-order valence-corrected chi connectivity index (χ3v) is 3.00. The molecule has 0 unspecified atom stereocenters. The Balaban J connectivity index is 1.62. The van der Waals surface area contributed by atoms with Crippen LogP contribution in [0.25, 0.3) is 0 Å². The number of nitrogens with one attached hydrogen (secondary N) is 3. The molecule has 0 aliphatic carbocycles. The number of hydrogen-bond donors (Lipinski definition) is 3. The molecule has 0 spiro atoms. The zero-order chi connectivity index (χ0) is 13.9. The van der Waals surface area contributed by atoms with Crippen LogP contribution in [-0.2, 0) is 4.74 Å². The third kappa shape index (κ3) is 2.64. The van der Waals surface area contributed by atoms with Gasteiger partial charge < -0.3 is 19.8 Å². The highest BCUT2D eigenvalue weighted by Gasteiger charge is 2.32. The Labute approximate surface area is 113 Å². The Morgan fingerprint density at radius 3 is 3.10 bits per heavy atom. The molecule has 0 aromatic carbocycles. The molecule has 106 valence electrons. The first-order valence-corrected chi connectivity index (χ1v) is 6.10. The predicted octanol–water partition coefficient (Wildman–Crippen LogP) is 0.453. The summed E-state index contributed by atoms with van der Waals surface area (Å²) in [4.78, 5) is 14.5. The summed E-state index contributed by atoms with van der Waals surface area (Å²) in [6.45, 7) is 0.715. The van der Waals surface area contributed by atoms with E-state index >= 15 is 0 Å². The Morgan fingerprint density at radius 1 is 1.50 bits per heavy atom. The minimum atomic E-state index is -0.482. The van der Waals surface area contributed by atoms with Crippen molar-refractivity contribution in [2.75, 3.05) is 13.2 Å². The quantitative estimate of drug-likeness (QED) is 0.758. The van der Waals surface area contributed by atoms with E-state index in [9.17, 15) is 9.18 Å². The molecule has 0 radical (unpaired) electrons. The van der Waals surface area contributed by atoms with Gasteiger partial charge in [0.05, 0.1) is 31.6 Å². The summed E-state index contributed by atoms with van der Waals surface area (Å²) in [7, 11) is 0. The second-order valence-electron chi connectivity index (χ2n) is 4.44. The lowest BCUT2D eigenvalue weighted by atomic mass is 10.2. The first-order valence-electron chi connectivity index (χ1n) is 6.10. The Morgan fingerprint density at radius 2 is 2.40 bits per heavy atom. The average molecular weight is 280 g/mol. The van der Waals surface area contributed by atoms with Crippen molar-refractivity contribution >= 4 is 5.91 Å². The lowest BCUT2D eigenvalue weighted by molar-refractivity contribution is 0.0899. The SMILES string of the molecule is O=C(N[C@H]1COC[C@H]1Oc1cn[nH]c1)c1cc(F)c[nH]1. The molecule has 2 atom stereocenters. The predicted molar refractivity (Wildman–Crippen MR) is 65.8 cm³/mol. The minimum absolute atomic E-state index is 0.163. The monoisotopic (exact) mass is 280 g/mol. The standard InChI is InChI=1S/C12H13FN4O3/c13-7-1-9(14-2-7)12(18)17-10-5-19-6-11(10)20-8-3-15-16-4-8/h1-4,10-11,14H,5-6H2,(H,15,16)(H,17,18)/t10-,11+/m0/s1. The van der Waals surface area contributed by atoms with Gasteiger partial charge in [0.25, 0.3) is 5.91 Å². The fraction of sp³-hybridized carbons (Fsp3) is 0.333. The highest BCUT2D eigenvalue weighted by Crippen LogP contribution is 2.15. The third-order valence-electron chi connectivity index (χ3n) is 3.00. The van der Waals surface area contributed by atoms with Gasteiger partial charge in [0, 0.05) is 12.3 Å². The number of H-pyrrole nitrogens is 2. The summed E-state index contributed by atoms with van der Waals surface area (Å²) < 4.78 is 23.8. The van der Waals surface area contributed by atoms with Crippen molar-refractivity contribution in [3.05, 3.63) is 36.2 Å². The van der Waals surface area contributed by atoms with E-state index in [1.165, 1.54) is 6.20 Å². The molecule has 1 fully saturated rings. The van der Waals surface area contributed by atoms with Crippen LogP contribution in [-0.4, -0.2) is 46.4 Å². The maximum Gasteiger partial charge on any atom is 0.268 e. The number of hydrogen-bond acceptors (Lipinski definition) is 4. The number of rotatable bonds is 4. The number of nitrogens with zero attached hydrogens (tertiary/aromatic N) is 1. The molecule has 3 N–H and O–H groups in total. The Hall–Kier alpha value is -2.35. The van der Waals surface area contributed by atoms with E-state index in [1.54, 1.807) is 6.20 Å². The number of carbonyl (C=O) groups excluding carboxylic acids is 1. The molecule has 7 nitrogen and oxygen atoms in total. The van der Waals surface area contributed by atoms with Crippen LogP contribution in [0.2, 0.25) is 0 Å². The van der Waals surface area contributed by atoms with Crippen molar-refractivity contribution in [1.82, 2.24) is 20.5 Å². The van der Waals surface area contributed by atoms with Crippen molar-refractivity contribution in [1.29, 1.82) is 0 Å². The molecule has 1 amide bonds. The molecule has 1 aliphatic rings. The van der Waals surface area contributed by atoms with Gasteiger partial charge in [0.15, 0.2) is 5.75 Å². The molecule has 1 saturated heterocycles.